The zero-order chi connectivity index (χ0) is 14.0. The molecular weight excluding hydrogens is 255 g/mol. The Labute approximate surface area is 108 Å². The molecule has 0 aliphatic carbocycles. The van der Waals surface area contributed by atoms with Crippen LogP contribution in [0.3, 0.4) is 0 Å². The van der Waals surface area contributed by atoms with Gasteiger partial charge in [0.2, 0.25) is 0 Å². The van der Waals surface area contributed by atoms with Gasteiger partial charge in [-0.3, -0.25) is 0 Å². The van der Waals surface area contributed by atoms with E-state index >= 15 is 0 Å². The summed E-state index contributed by atoms with van der Waals surface area (Å²) in [5.74, 6) is -3.48. The molecule has 5 heteroatoms. The van der Waals surface area contributed by atoms with Crippen molar-refractivity contribution in [3.63, 3.8) is 0 Å². The number of halogens is 3. The number of hydrogen-bond donors (Lipinski definition) is 1. The summed E-state index contributed by atoms with van der Waals surface area (Å²) in [5.41, 5.74) is 6.74. The van der Waals surface area contributed by atoms with Crippen LogP contribution >= 0.6 is 0 Å². The van der Waals surface area contributed by atoms with Crippen LogP contribution in [0.15, 0.2) is 30.3 Å². The fraction of sp³-hybridized carbons (Fsp3) is 0.143. The van der Waals surface area contributed by atoms with Crippen LogP contribution < -0.4 is 10.5 Å². The number of benzene rings is 2. The Kier molecular flexibility index (Phi) is 3.64. The first-order valence-corrected chi connectivity index (χ1v) is 5.69. The lowest BCUT2D eigenvalue weighted by molar-refractivity contribution is 0.340. The van der Waals surface area contributed by atoms with Gasteiger partial charge in [0.05, 0.1) is 6.61 Å². The minimum absolute atomic E-state index is 0.199. The molecule has 2 aromatic rings. The lowest BCUT2D eigenvalue weighted by atomic mass is 10.0. The third kappa shape index (κ3) is 2.81. The van der Waals surface area contributed by atoms with Crippen molar-refractivity contribution in [3.05, 3.63) is 47.8 Å². The molecule has 0 fully saturated rings. The third-order valence-electron chi connectivity index (χ3n) is 2.56. The maximum absolute atomic E-state index is 13.2. The summed E-state index contributed by atoms with van der Waals surface area (Å²) in [4.78, 5) is 0. The van der Waals surface area contributed by atoms with Crippen molar-refractivity contribution in [3.8, 4) is 16.9 Å². The Balaban J connectivity index is 2.52. The summed E-state index contributed by atoms with van der Waals surface area (Å²) in [6.45, 7) is 2.25. The van der Waals surface area contributed by atoms with E-state index in [0.29, 0.717) is 23.6 Å². The van der Waals surface area contributed by atoms with Crippen molar-refractivity contribution in [2.75, 3.05) is 12.3 Å². The molecule has 0 aliphatic heterocycles. The van der Waals surface area contributed by atoms with Gasteiger partial charge in [0.25, 0.3) is 0 Å². The molecule has 0 amide bonds. The Hall–Kier alpha value is -2.17. The topological polar surface area (TPSA) is 35.2 Å². The van der Waals surface area contributed by atoms with Crippen molar-refractivity contribution < 1.29 is 17.9 Å². The number of rotatable bonds is 3. The van der Waals surface area contributed by atoms with Crippen LogP contribution in [0.25, 0.3) is 11.1 Å². The lowest BCUT2D eigenvalue weighted by Gasteiger charge is -2.09. The molecule has 100 valence electrons. The maximum atomic E-state index is 13.2. The molecule has 0 atom stereocenters. The van der Waals surface area contributed by atoms with Gasteiger partial charge in [0.15, 0.2) is 17.5 Å². The van der Waals surface area contributed by atoms with E-state index in [-0.39, 0.29) is 5.56 Å². The monoisotopic (exact) mass is 267 g/mol. The molecule has 0 saturated heterocycles. The van der Waals surface area contributed by atoms with Crippen LogP contribution in [-0.2, 0) is 0 Å². The highest BCUT2D eigenvalue weighted by atomic mass is 19.2. The van der Waals surface area contributed by atoms with Crippen molar-refractivity contribution in [2.45, 2.75) is 6.92 Å². The molecule has 0 spiro atoms. The summed E-state index contributed by atoms with van der Waals surface area (Å²) in [5, 5.41) is 0. The molecule has 0 bridgehead atoms. The molecule has 2 nitrogen and oxygen atoms in total. The van der Waals surface area contributed by atoms with Crippen LogP contribution in [0.5, 0.6) is 5.75 Å². The van der Waals surface area contributed by atoms with E-state index in [0.717, 1.165) is 12.1 Å². The van der Waals surface area contributed by atoms with Crippen LogP contribution in [0.1, 0.15) is 6.92 Å². The van der Waals surface area contributed by atoms with E-state index in [2.05, 4.69) is 0 Å². The van der Waals surface area contributed by atoms with Gasteiger partial charge in [0, 0.05) is 11.8 Å². The number of nitrogens with two attached hydrogens (primary N) is 1. The molecule has 0 aliphatic rings. The van der Waals surface area contributed by atoms with Gasteiger partial charge in [-0.25, -0.2) is 13.2 Å². The van der Waals surface area contributed by atoms with E-state index in [1.165, 1.54) is 6.07 Å². The largest absolute Gasteiger partial charge is 0.494 e. The third-order valence-corrected chi connectivity index (χ3v) is 2.56. The lowest BCUT2D eigenvalue weighted by Crippen LogP contribution is -1.96. The quantitative estimate of drug-likeness (QED) is 0.679. The fourth-order valence-electron chi connectivity index (χ4n) is 1.76. The normalized spacial score (nSPS) is 10.5. The minimum Gasteiger partial charge on any atom is -0.494 e. The fourth-order valence-corrected chi connectivity index (χ4v) is 1.76. The molecule has 2 N–H and O–H groups in total. The Morgan fingerprint density at radius 3 is 2.11 bits per heavy atom. The SMILES string of the molecule is CCOc1cc(N)cc(-c2cc(F)c(F)c(F)c2)c1. The van der Waals surface area contributed by atoms with Crippen LogP contribution in [0.4, 0.5) is 18.9 Å². The summed E-state index contributed by atoms with van der Waals surface area (Å²) in [7, 11) is 0. The second kappa shape index (κ2) is 5.22. The average Bonchev–Trinajstić information content (AvgIpc) is 2.35. The highest BCUT2D eigenvalue weighted by molar-refractivity contribution is 5.69. The van der Waals surface area contributed by atoms with E-state index in [1.807, 2.05) is 0 Å². The first-order valence-electron chi connectivity index (χ1n) is 5.69. The first-order chi connectivity index (χ1) is 9.01. The summed E-state index contributed by atoms with van der Waals surface area (Å²) in [6, 6.07) is 6.57. The smallest absolute Gasteiger partial charge is 0.194 e. The molecular formula is C14H12F3NO. The number of anilines is 1. The highest BCUT2D eigenvalue weighted by Gasteiger charge is 2.12. The number of ether oxygens (including phenoxy) is 1. The van der Waals surface area contributed by atoms with Crippen molar-refractivity contribution in [1.82, 2.24) is 0 Å². The summed E-state index contributed by atoms with van der Waals surface area (Å²) >= 11 is 0. The van der Waals surface area contributed by atoms with Gasteiger partial charge >= 0.3 is 0 Å². The van der Waals surface area contributed by atoms with Gasteiger partial charge in [-0.05, 0) is 42.3 Å². The van der Waals surface area contributed by atoms with Gasteiger partial charge in [-0.2, -0.15) is 0 Å². The standard InChI is InChI=1S/C14H12F3NO/c1-2-19-11-4-8(3-10(18)7-11)9-5-12(15)14(17)13(16)6-9/h3-7H,2,18H2,1H3. The van der Waals surface area contributed by atoms with Crippen molar-refractivity contribution >= 4 is 5.69 Å². The Morgan fingerprint density at radius 1 is 0.947 bits per heavy atom. The van der Waals surface area contributed by atoms with E-state index in [9.17, 15) is 13.2 Å². The average molecular weight is 267 g/mol. The van der Waals surface area contributed by atoms with Crippen LogP contribution in [0, 0.1) is 17.5 Å². The molecule has 2 rings (SSSR count). The van der Waals surface area contributed by atoms with Gasteiger partial charge in [-0.15, -0.1) is 0 Å². The molecule has 0 radical (unpaired) electrons. The number of hydrogen-bond acceptors (Lipinski definition) is 2. The van der Waals surface area contributed by atoms with E-state index in [4.69, 9.17) is 10.5 Å². The second-order valence-corrected chi connectivity index (χ2v) is 3.98. The second-order valence-electron chi connectivity index (χ2n) is 3.98. The molecule has 0 saturated carbocycles. The Bertz CT molecular complexity index is 591. The molecule has 0 heterocycles. The predicted octanol–water partition coefficient (Wildman–Crippen LogP) is 3.75. The van der Waals surface area contributed by atoms with Crippen molar-refractivity contribution in [2.24, 2.45) is 0 Å². The van der Waals surface area contributed by atoms with Crippen molar-refractivity contribution in [1.29, 1.82) is 0 Å². The van der Waals surface area contributed by atoms with Gasteiger partial charge < -0.3 is 10.5 Å². The first kappa shape index (κ1) is 13.3. The van der Waals surface area contributed by atoms with Gasteiger partial charge in [0.1, 0.15) is 5.75 Å². The van der Waals surface area contributed by atoms with Crippen LogP contribution in [-0.4, -0.2) is 6.61 Å². The molecule has 19 heavy (non-hydrogen) atoms. The van der Waals surface area contributed by atoms with E-state index in [1.54, 1.807) is 19.1 Å². The van der Waals surface area contributed by atoms with Gasteiger partial charge in [-0.1, -0.05) is 0 Å². The number of nitrogen functional groups attached to an aromatic ring is 1. The molecule has 0 unspecified atom stereocenters. The van der Waals surface area contributed by atoms with Crippen LogP contribution in [0.2, 0.25) is 0 Å². The summed E-state index contributed by atoms with van der Waals surface area (Å²) in [6.07, 6.45) is 0. The minimum atomic E-state index is -1.49. The maximum Gasteiger partial charge on any atom is 0.194 e. The zero-order valence-electron chi connectivity index (χ0n) is 10.2. The molecule has 2 aromatic carbocycles. The molecule has 0 aromatic heterocycles. The predicted molar refractivity (Wildman–Crippen MR) is 67.3 cm³/mol. The van der Waals surface area contributed by atoms with E-state index < -0.39 is 17.5 Å². The summed E-state index contributed by atoms with van der Waals surface area (Å²) < 4.78 is 44.6. The zero-order valence-corrected chi connectivity index (χ0v) is 10.2. The highest BCUT2D eigenvalue weighted by Crippen LogP contribution is 2.29. The Morgan fingerprint density at radius 2 is 1.53 bits per heavy atom.